The van der Waals surface area contributed by atoms with E-state index in [4.69, 9.17) is 16.1 Å². The average molecular weight is 337 g/mol. The fourth-order valence-corrected chi connectivity index (χ4v) is 3.26. The van der Waals surface area contributed by atoms with Crippen molar-refractivity contribution in [3.63, 3.8) is 0 Å². The molecule has 4 rings (SSSR count). The number of rotatable bonds is 2. The highest BCUT2D eigenvalue weighted by Crippen LogP contribution is 2.31. The molecule has 120 valence electrons. The second-order valence-electron chi connectivity index (χ2n) is 5.58. The molecule has 1 aliphatic heterocycles. The molecule has 0 spiro atoms. The number of hydrogen-bond donors (Lipinski definition) is 0. The number of aromatic nitrogens is 5. The number of aryl methyl sites for hydroxylation is 1. The van der Waals surface area contributed by atoms with E-state index in [9.17, 15) is 4.39 Å². The van der Waals surface area contributed by atoms with Gasteiger partial charge in [-0.25, -0.2) is 14.4 Å². The Bertz CT molecular complexity index is 854. The van der Waals surface area contributed by atoms with E-state index in [2.05, 4.69) is 25.0 Å². The van der Waals surface area contributed by atoms with Crippen LogP contribution in [0, 0.1) is 12.7 Å². The summed E-state index contributed by atoms with van der Waals surface area (Å²) in [4.78, 5) is 14.3. The van der Waals surface area contributed by atoms with Crippen LogP contribution in [0.2, 0.25) is 5.15 Å². The van der Waals surface area contributed by atoms with Gasteiger partial charge in [-0.1, -0.05) is 11.6 Å². The van der Waals surface area contributed by atoms with Gasteiger partial charge in [0.15, 0.2) is 5.82 Å². The van der Waals surface area contributed by atoms with Gasteiger partial charge >= 0.3 is 0 Å². The molecule has 3 aromatic heterocycles. The number of halogens is 2. The van der Waals surface area contributed by atoms with Crippen molar-refractivity contribution in [2.75, 3.05) is 18.0 Å². The smallest absolute Gasteiger partial charge is 0.266 e. The summed E-state index contributed by atoms with van der Waals surface area (Å²) >= 11 is 5.98. The third-order valence-electron chi connectivity index (χ3n) is 4.17. The summed E-state index contributed by atoms with van der Waals surface area (Å²) in [5.41, 5.74) is 0.538. The average Bonchev–Trinajstić information content (AvgIpc) is 3.12. The van der Waals surface area contributed by atoms with Crippen LogP contribution < -0.4 is 4.90 Å². The standard InChI is InChI=1S/C14H14ClFN6O/c1-8-19-14(20-23-8)21-4-2-9(3-5-21)22-6-10(16)11-12(15)17-7-18-13(11)22/h6-7,9H,2-5H2,1H3. The summed E-state index contributed by atoms with van der Waals surface area (Å²) in [7, 11) is 0. The van der Waals surface area contributed by atoms with Gasteiger partial charge < -0.3 is 14.0 Å². The Morgan fingerprint density at radius 3 is 2.78 bits per heavy atom. The van der Waals surface area contributed by atoms with Crippen LogP contribution in [0.4, 0.5) is 10.3 Å². The molecule has 3 aromatic rings. The quantitative estimate of drug-likeness (QED) is 0.670. The summed E-state index contributed by atoms with van der Waals surface area (Å²) < 4.78 is 21.0. The zero-order valence-electron chi connectivity index (χ0n) is 12.4. The lowest BCUT2D eigenvalue weighted by atomic mass is 10.1. The second kappa shape index (κ2) is 5.45. The zero-order valence-corrected chi connectivity index (χ0v) is 13.2. The first-order valence-corrected chi connectivity index (χ1v) is 7.73. The molecule has 7 nitrogen and oxygen atoms in total. The fraction of sp³-hybridized carbons (Fsp3) is 0.429. The first kappa shape index (κ1) is 14.4. The molecule has 0 atom stereocenters. The first-order chi connectivity index (χ1) is 11.1. The van der Waals surface area contributed by atoms with Gasteiger partial charge in [-0.15, -0.1) is 0 Å². The molecule has 23 heavy (non-hydrogen) atoms. The first-order valence-electron chi connectivity index (χ1n) is 7.35. The number of hydrogen-bond acceptors (Lipinski definition) is 6. The predicted octanol–water partition coefficient (Wildman–Crippen LogP) is 2.76. The Labute approximate surface area is 136 Å². The molecule has 0 aliphatic carbocycles. The summed E-state index contributed by atoms with van der Waals surface area (Å²) in [6, 6.07) is 0.150. The van der Waals surface area contributed by atoms with Gasteiger partial charge in [0.05, 0.1) is 5.39 Å². The topological polar surface area (TPSA) is 72.9 Å². The molecular weight excluding hydrogens is 323 g/mol. The molecule has 0 bridgehead atoms. The number of anilines is 1. The Morgan fingerprint density at radius 1 is 1.30 bits per heavy atom. The largest absolute Gasteiger partial charge is 0.338 e. The molecule has 0 amide bonds. The van der Waals surface area contributed by atoms with Crippen molar-refractivity contribution >= 4 is 28.6 Å². The van der Waals surface area contributed by atoms with Crippen molar-refractivity contribution < 1.29 is 8.91 Å². The maximum Gasteiger partial charge on any atom is 0.266 e. The number of nitrogens with zero attached hydrogens (tertiary/aromatic N) is 6. The molecule has 9 heteroatoms. The van der Waals surface area contributed by atoms with Crippen LogP contribution in [0.5, 0.6) is 0 Å². The van der Waals surface area contributed by atoms with Crippen molar-refractivity contribution in [3.05, 3.63) is 29.4 Å². The van der Waals surface area contributed by atoms with Crippen LogP contribution in [0.15, 0.2) is 17.0 Å². The Kier molecular flexibility index (Phi) is 3.41. The van der Waals surface area contributed by atoms with Crippen molar-refractivity contribution in [1.29, 1.82) is 0 Å². The highest BCUT2D eigenvalue weighted by Gasteiger charge is 2.26. The highest BCUT2D eigenvalue weighted by atomic mass is 35.5. The summed E-state index contributed by atoms with van der Waals surface area (Å²) in [5, 5.41) is 4.37. The summed E-state index contributed by atoms with van der Waals surface area (Å²) in [6.07, 6.45) is 4.48. The maximum absolute atomic E-state index is 14.1. The van der Waals surface area contributed by atoms with Crippen LogP contribution in [-0.4, -0.2) is 37.8 Å². The normalized spacial score (nSPS) is 16.4. The van der Waals surface area contributed by atoms with Crippen LogP contribution >= 0.6 is 11.6 Å². The Balaban J connectivity index is 1.58. The van der Waals surface area contributed by atoms with E-state index in [-0.39, 0.29) is 22.4 Å². The van der Waals surface area contributed by atoms with Gasteiger partial charge in [0.1, 0.15) is 17.1 Å². The third-order valence-corrected chi connectivity index (χ3v) is 4.46. The molecule has 0 unspecified atom stereocenters. The van der Waals surface area contributed by atoms with Gasteiger partial charge in [0.25, 0.3) is 5.95 Å². The minimum Gasteiger partial charge on any atom is -0.338 e. The van der Waals surface area contributed by atoms with E-state index < -0.39 is 0 Å². The maximum atomic E-state index is 14.1. The molecule has 1 saturated heterocycles. The molecule has 4 heterocycles. The third kappa shape index (κ3) is 2.42. The molecule has 0 N–H and O–H groups in total. The molecule has 0 saturated carbocycles. The summed E-state index contributed by atoms with van der Waals surface area (Å²) in [6.45, 7) is 3.30. The van der Waals surface area contributed by atoms with E-state index in [1.807, 2.05) is 4.57 Å². The molecule has 1 fully saturated rings. The molecular formula is C14H14ClFN6O. The number of piperidine rings is 1. The van der Waals surface area contributed by atoms with Crippen LogP contribution in [0.1, 0.15) is 24.8 Å². The van der Waals surface area contributed by atoms with E-state index >= 15 is 0 Å². The molecule has 0 aromatic carbocycles. The second-order valence-corrected chi connectivity index (χ2v) is 5.94. The molecule has 0 radical (unpaired) electrons. The zero-order chi connectivity index (χ0) is 16.0. The fourth-order valence-electron chi connectivity index (χ4n) is 3.04. The molecule has 1 aliphatic rings. The monoisotopic (exact) mass is 336 g/mol. The van der Waals surface area contributed by atoms with Crippen LogP contribution in [-0.2, 0) is 0 Å². The van der Waals surface area contributed by atoms with Crippen molar-refractivity contribution in [3.8, 4) is 0 Å². The van der Waals surface area contributed by atoms with Gasteiger partial charge in [-0.05, 0) is 18.0 Å². The van der Waals surface area contributed by atoms with E-state index in [1.54, 1.807) is 6.92 Å². The van der Waals surface area contributed by atoms with Gasteiger partial charge in [0.2, 0.25) is 5.89 Å². The lowest BCUT2D eigenvalue weighted by Gasteiger charge is -2.31. The highest BCUT2D eigenvalue weighted by molar-refractivity contribution is 6.34. The predicted molar refractivity (Wildman–Crippen MR) is 82.0 cm³/mol. The SMILES string of the molecule is Cc1nc(N2CCC(n3cc(F)c4c(Cl)ncnc43)CC2)no1. The summed E-state index contributed by atoms with van der Waals surface area (Å²) in [5.74, 6) is 0.767. The minimum absolute atomic E-state index is 0.144. The van der Waals surface area contributed by atoms with E-state index in [0.29, 0.717) is 17.5 Å². The van der Waals surface area contributed by atoms with Crippen LogP contribution in [0.3, 0.4) is 0 Å². The Hall–Kier alpha value is -2.22. The van der Waals surface area contributed by atoms with Gasteiger partial charge in [0, 0.05) is 32.3 Å². The van der Waals surface area contributed by atoms with Crippen molar-refractivity contribution in [2.24, 2.45) is 0 Å². The number of fused-ring (bicyclic) bond motifs is 1. The van der Waals surface area contributed by atoms with Crippen molar-refractivity contribution in [1.82, 2.24) is 24.7 Å². The lowest BCUT2D eigenvalue weighted by Crippen LogP contribution is -2.35. The van der Waals surface area contributed by atoms with Gasteiger partial charge in [-0.3, -0.25) is 0 Å². The van der Waals surface area contributed by atoms with E-state index in [0.717, 1.165) is 25.9 Å². The van der Waals surface area contributed by atoms with E-state index in [1.165, 1.54) is 12.5 Å². The van der Waals surface area contributed by atoms with Crippen molar-refractivity contribution in [2.45, 2.75) is 25.8 Å². The van der Waals surface area contributed by atoms with Gasteiger partial charge in [-0.2, -0.15) is 4.98 Å². The van der Waals surface area contributed by atoms with Crippen LogP contribution in [0.25, 0.3) is 11.0 Å². The minimum atomic E-state index is -0.387. The Morgan fingerprint density at radius 2 is 2.09 bits per heavy atom. The lowest BCUT2D eigenvalue weighted by molar-refractivity contribution is 0.378.